The fraction of sp³-hybridized carbons (Fsp3) is 0.200. The third-order valence-corrected chi connectivity index (χ3v) is 3.86. The van der Waals surface area contributed by atoms with Gasteiger partial charge in [-0.15, -0.1) is 0 Å². The van der Waals surface area contributed by atoms with Crippen LogP contribution in [-0.4, -0.2) is 16.1 Å². The standard InChI is InChI=1S/C15H12Cl2F2N2O2/c1-15(2,19)10-7(16)4-3-6(12(10)18)9-5-8(20)11(17)13(21-9)14(22)23/h3-5H,1-2H3,(H2,20,21)(H,22,23). The number of carboxylic acid groups (broad SMARTS) is 1. The quantitative estimate of drug-likeness (QED) is 0.832. The maximum atomic E-state index is 14.7. The van der Waals surface area contributed by atoms with E-state index in [0.717, 1.165) is 13.8 Å². The van der Waals surface area contributed by atoms with Crippen LogP contribution < -0.4 is 5.73 Å². The van der Waals surface area contributed by atoms with Crippen molar-refractivity contribution in [3.05, 3.63) is 45.3 Å². The van der Waals surface area contributed by atoms with Crippen LogP contribution in [0.4, 0.5) is 14.5 Å². The highest BCUT2D eigenvalue weighted by Crippen LogP contribution is 2.38. The summed E-state index contributed by atoms with van der Waals surface area (Å²) in [5, 5.41) is 8.75. The molecule has 0 bridgehead atoms. The zero-order chi connectivity index (χ0) is 17.5. The van der Waals surface area contributed by atoms with E-state index in [1.54, 1.807) is 0 Å². The minimum Gasteiger partial charge on any atom is -0.476 e. The van der Waals surface area contributed by atoms with Gasteiger partial charge in [0.15, 0.2) is 5.69 Å². The molecule has 0 unspecified atom stereocenters. The molecule has 1 aromatic heterocycles. The summed E-state index contributed by atoms with van der Waals surface area (Å²) >= 11 is 11.6. The normalized spacial score (nSPS) is 11.6. The van der Waals surface area contributed by atoms with Gasteiger partial charge in [-0.3, -0.25) is 0 Å². The minimum atomic E-state index is -2.04. The van der Waals surface area contributed by atoms with Gasteiger partial charge in [-0.25, -0.2) is 18.6 Å². The first kappa shape index (κ1) is 17.4. The van der Waals surface area contributed by atoms with Crippen LogP contribution in [0.25, 0.3) is 11.3 Å². The van der Waals surface area contributed by atoms with Crippen molar-refractivity contribution in [2.24, 2.45) is 0 Å². The van der Waals surface area contributed by atoms with Crippen molar-refractivity contribution in [2.75, 3.05) is 5.73 Å². The van der Waals surface area contributed by atoms with Gasteiger partial charge >= 0.3 is 5.97 Å². The van der Waals surface area contributed by atoms with E-state index in [1.165, 1.54) is 18.2 Å². The first-order valence-electron chi connectivity index (χ1n) is 6.41. The van der Waals surface area contributed by atoms with Crippen molar-refractivity contribution in [3.63, 3.8) is 0 Å². The molecule has 0 atom stereocenters. The molecule has 0 fully saturated rings. The Morgan fingerprint density at radius 3 is 2.48 bits per heavy atom. The lowest BCUT2D eigenvalue weighted by Crippen LogP contribution is -2.14. The van der Waals surface area contributed by atoms with Gasteiger partial charge in [-0.1, -0.05) is 23.2 Å². The van der Waals surface area contributed by atoms with E-state index < -0.39 is 23.1 Å². The molecule has 23 heavy (non-hydrogen) atoms. The molecule has 0 saturated heterocycles. The van der Waals surface area contributed by atoms with Crippen molar-refractivity contribution in [2.45, 2.75) is 19.5 Å². The van der Waals surface area contributed by atoms with E-state index in [-0.39, 0.29) is 32.6 Å². The summed E-state index contributed by atoms with van der Waals surface area (Å²) < 4.78 is 28.9. The zero-order valence-electron chi connectivity index (χ0n) is 12.1. The highest BCUT2D eigenvalue weighted by atomic mass is 35.5. The van der Waals surface area contributed by atoms with Gasteiger partial charge in [0.2, 0.25) is 0 Å². The number of carbonyl (C=O) groups is 1. The van der Waals surface area contributed by atoms with E-state index >= 15 is 0 Å². The van der Waals surface area contributed by atoms with E-state index in [9.17, 15) is 13.6 Å². The summed E-state index contributed by atoms with van der Waals surface area (Å²) in [6, 6.07) is 3.80. The molecule has 8 heteroatoms. The van der Waals surface area contributed by atoms with Crippen LogP contribution in [-0.2, 0) is 5.67 Å². The maximum Gasteiger partial charge on any atom is 0.356 e. The number of halogens is 4. The number of hydrogen-bond donors (Lipinski definition) is 2. The second-order valence-corrected chi connectivity index (χ2v) is 6.11. The number of rotatable bonds is 3. The molecule has 0 aliphatic heterocycles. The lowest BCUT2D eigenvalue weighted by Gasteiger charge is -2.19. The van der Waals surface area contributed by atoms with Gasteiger partial charge in [0.1, 0.15) is 11.5 Å². The number of hydrogen-bond acceptors (Lipinski definition) is 3. The van der Waals surface area contributed by atoms with Crippen LogP contribution in [0.5, 0.6) is 0 Å². The second-order valence-electron chi connectivity index (χ2n) is 5.32. The first-order chi connectivity index (χ1) is 10.5. The summed E-state index contributed by atoms with van der Waals surface area (Å²) in [6.07, 6.45) is 0. The van der Waals surface area contributed by atoms with Crippen molar-refractivity contribution in [3.8, 4) is 11.3 Å². The highest BCUT2D eigenvalue weighted by Gasteiger charge is 2.29. The van der Waals surface area contributed by atoms with Crippen LogP contribution >= 0.6 is 23.2 Å². The zero-order valence-corrected chi connectivity index (χ0v) is 13.6. The number of anilines is 1. The number of alkyl halides is 1. The fourth-order valence-corrected chi connectivity index (χ4v) is 2.67. The SMILES string of the molecule is CC(C)(F)c1c(Cl)ccc(-c2cc(N)c(Cl)c(C(=O)O)n2)c1F. The topological polar surface area (TPSA) is 76.2 Å². The molecule has 2 aromatic rings. The molecular weight excluding hydrogens is 349 g/mol. The Hall–Kier alpha value is -1.92. The molecule has 0 radical (unpaired) electrons. The molecular formula is C15H12Cl2F2N2O2. The Bertz CT molecular complexity index is 805. The van der Waals surface area contributed by atoms with Gasteiger partial charge in [0.05, 0.1) is 16.4 Å². The van der Waals surface area contributed by atoms with Gasteiger partial charge in [0.25, 0.3) is 0 Å². The largest absolute Gasteiger partial charge is 0.476 e. The van der Waals surface area contributed by atoms with Crippen LogP contribution in [0.2, 0.25) is 10.0 Å². The van der Waals surface area contributed by atoms with Gasteiger partial charge < -0.3 is 10.8 Å². The van der Waals surface area contributed by atoms with E-state index in [1.807, 2.05) is 0 Å². The number of pyridine rings is 1. The third-order valence-electron chi connectivity index (χ3n) is 3.15. The molecule has 0 aliphatic rings. The average Bonchev–Trinajstić information content (AvgIpc) is 2.40. The maximum absolute atomic E-state index is 14.7. The second kappa shape index (κ2) is 5.94. The van der Waals surface area contributed by atoms with Crippen molar-refractivity contribution in [1.29, 1.82) is 0 Å². The minimum absolute atomic E-state index is 0.0792. The third kappa shape index (κ3) is 3.23. The van der Waals surface area contributed by atoms with Crippen LogP contribution in [0, 0.1) is 5.82 Å². The van der Waals surface area contributed by atoms with Crippen molar-refractivity contribution in [1.82, 2.24) is 4.98 Å². The number of nitrogens with zero attached hydrogens (tertiary/aromatic N) is 1. The summed E-state index contributed by atoms with van der Waals surface area (Å²) in [7, 11) is 0. The first-order valence-corrected chi connectivity index (χ1v) is 7.16. The molecule has 122 valence electrons. The number of nitrogen functional groups attached to an aromatic ring is 1. The number of nitrogens with two attached hydrogens (primary N) is 1. The molecule has 4 nitrogen and oxygen atoms in total. The summed E-state index contributed by atoms with van der Waals surface area (Å²) in [5.74, 6) is -2.35. The van der Waals surface area contributed by atoms with Crippen molar-refractivity contribution >= 4 is 34.9 Å². The van der Waals surface area contributed by atoms with Crippen LogP contribution in [0.3, 0.4) is 0 Å². The van der Waals surface area contributed by atoms with Crippen LogP contribution in [0.1, 0.15) is 29.9 Å². The fourth-order valence-electron chi connectivity index (χ4n) is 2.12. The molecule has 0 spiro atoms. The predicted molar refractivity (Wildman–Crippen MR) is 85.2 cm³/mol. The van der Waals surface area contributed by atoms with E-state index in [2.05, 4.69) is 4.98 Å². The van der Waals surface area contributed by atoms with Gasteiger partial charge in [0, 0.05) is 16.1 Å². The van der Waals surface area contributed by atoms with E-state index in [4.69, 9.17) is 34.0 Å². The lowest BCUT2D eigenvalue weighted by atomic mass is 9.95. The van der Waals surface area contributed by atoms with E-state index in [0.29, 0.717) is 0 Å². The summed E-state index contributed by atoms with van der Waals surface area (Å²) in [5.41, 5.74) is 2.46. The Balaban J connectivity index is 2.76. The monoisotopic (exact) mass is 360 g/mol. The number of aromatic carboxylic acids is 1. The molecule has 1 aromatic carbocycles. The molecule has 2 rings (SSSR count). The Morgan fingerprint density at radius 2 is 1.96 bits per heavy atom. The molecule has 0 saturated carbocycles. The molecule has 0 aliphatic carbocycles. The highest BCUT2D eigenvalue weighted by molar-refractivity contribution is 6.35. The average molecular weight is 361 g/mol. The number of carboxylic acids is 1. The van der Waals surface area contributed by atoms with Crippen LogP contribution in [0.15, 0.2) is 18.2 Å². The summed E-state index contributed by atoms with van der Waals surface area (Å²) in [6.45, 7) is 2.32. The Labute approximate surface area is 140 Å². The Kier molecular flexibility index (Phi) is 4.50. The lowest BCUT2D eigenvalue weighted by molar-refractivity contribution is 0.0691. The summed E-state index contributed by atoms with van der Waals surface area (Å²) in [4.78, 5) is 14.9. The molecule has 1 heterocycles. The Morgan fingerprint density at radius 1 is 1.35 bits per heavy atom. The van der Waals surface area contributed by atoms with Gasteiger partial charge in [-0.05, 0) is 32.0 Å². The predicted octanol–water partition coefficient (Wildman–Crippen LogP) is 4.68. The smallest absolute Gasteiger partial charge is 0.356 e. The van der Waals surface area contributed by atoms with Gasteiger partial charge in [-0.2, -0.15) is 0 Å². The molecule has 3 N–H and O–H groups in total. The van der Waals surface area contributed by atoms with Crippen molar-refractivity contribution < 1.29 is 18.7 Å². The number of benzene rings is 1. The number of aromatic nitrogens is 1. The molecule has 0 amide bonds.